The van der Waals surface area contributed by atoms with Crippen LogP contribution in [-0.2, 0) is 0 Å². The summed E-state index contributed by atoms with van der Waals surface area (Å²) in [7, 11) is 1.63. The van der Waals surface area contributed by atoms with Crippen molar-refractivity contribution in [2.75, 3.05) is 14.2 Å². The summed E-state index contributed by atoms with van der Waals surface area (Å²) in [6.45, 7) is 8.53. The Morgan fingerprint density at radius 2 is 1.57 bits per heavy atom. The lowest BCUT2D eigenvalue weighted by atomic mass is 10.3. The SMILES string of the molecule is COc1ccc(-n2cc(OC)c(C)c2O[Si](C)(C)C)cc1. The molecular weight excluding hydrogens is 282 g/mol. The van der Waals surface area contributed by atoms with Crippen molar-refractivity contribution in [3.8, 4) is 23.1 Å². The number of methoxy groups -OCH3 is 2. The molecule has 0 saturated carbocycles. The molecule has 0 aliphatic heterocycles. The first kappa shape index (κ1) is 15.5. The molecule has 21 heavy (non-hydrogen) atoms. The Labute approximate surface area is 127 Å². The predicted molar refractivity (Wildman–Crippen MR) is 87.6 cm³/mol. The van der Waals surface area contributed by atoms with E-state index in [1.165, 1.54) is 0 Å². The van der Waals surface area contributed by atoms with Gasteiger partial charge in [0.1, 0.15) is 11.5 Å². The molecule has 0 unspecified atom stereocenters. The highest BCUT2D eigenvalue weighted by molar-refractivity contribution is 6.70. The minimum absolute atomic E-state index is 0.832. The zero-order valence-electron chi connectivity index (χ0n) is 13.6. The zero-order chi connectivity index (χ0) is 15.6. The van der Waals surface area contributed by atoms with Crippen LogP contribution in [0.2, 0.25) is 19.6 Å². The molecule has 1 aromatic heterocycles. The third-order valence-corrected chi connectivity index (χ3v) is 3.93. The number of benzene rings is 1. The fraction of sp³-hybridized carbons (Fsp3) is 0.375. The standard InChI is InChI=1S/C16H23NO3Si/c1-12-15(19-3)11-17(16(12)20-21(4,5)6)13-7-9-14(18-2)10-8-13/h7-11H,1-6H3. The van der Waals surface area contributed by atoms with Crippen molar-refractivity contribution in [3.63, 3.8) is 0 Å². The maximum Gasteiger partial charge on any atom is 0.244 e. The lowest BCUT2D eigenvalue weighted by Gasteiger charge is -2.21. The normalized spacial score (nSPS) is 11.3. The van der Waals surface area contributed by atoms with E-state index in [0.29, 0.717) is 0 Å². The maximum atomic E-state index is 6.25. The molecule has 4 nitrogen and oxygen atoms in total. The highest BCUT2D eigenvalue weighted by atomic mass is 28.4. The van der Waals surface area contributed by atoms with E-state index in [1.807, 2.05) is 42.0 Å². The summed E-state index contributed by atoms with van der Waals surface area (Å²) in [5.74, 6) is 2.53. The summed E-state index contributed by atoms with van der Waals surface area (Å²) in [5.41, 5.74) is 2.05. The smallest absolute Gasteiger partial charge is 0.244 e. The second kappa shape index (κ2) is 5.85. The minimum Gasteiger partial charge on any atom is -0.532 e. The zero-order valence-corrected chi connectivity index (χ0v) is 14.6. The number of aromatic nitrogens is 1. The number of nitrogens with zero attached hydrogens (tertiary/aromatic N) is 1. The van der Waals surface area contributed by atoms with Crippen LogP contribution in [0.1, 0.15) is 5.56 Å². The van der Waals surface area contributed by atoms with Gasteiger partial charge in [-0.3, -0.25) is 4.57 Å². The molecular formula is C16H23NO3Si. The van der Waals surface area contributed by atoms with E-state index < -0.39 is 8.32 Å². The van der Waals surface area contributed by atoms with E-state index in [-0.39, 0.29) is 0 Å². The molecule has 1 heterocycles. The Hall–Kier alpha value is -1.88. The Morgan fingerprint density at radius 1 is 0.952 bits per heavy atom. The molecule has 2 rings (SSSR count). The van der Waals surface area contributed by atoms with Crippen LogP contribution in [-0.4, -0.2) is 27.1 Å². The van der Waals surface area contributed by atoms with Gasteiger partial charge in [-0.2, -0.15) is 0 Å². The fourth-order valence-electron chi connectivity index (χ4n) is 2.11. The molecule has 114 valence electrons. The van der Waals surface area contributed by atoms with E-state index in [1.54, 1.807) is 14.2 Å². The number of ether oxygens (including phenoxy) is 2. The van der Waals surface area contributed by atoms with Crippen molar-refractivity contribution < 1.29 is 13.9 Å². The molecule has 0 bridgehead atoms. The first-order chi connectivity index (χ1) is 9.85. The minimum atomic E-state index is -1.71. The molecule has 0 aliphatic carbocycles. The van der Waals surface area contributed by atoms with Gasteiger partial charge >= 0.3 is 0 Å². The quantitative estimate of drug-likeness (QED) is 0.782. The van der Waals surface area contributed by atoms with Crippen LogP contribution in [0.4, 0.5) is 0 Å². The van der Waals surface area contributed by atoms with Gasteiger partial charge in [-0.1, -0.05) is 0 Å². The molecule has 0 amide bonds. The molecule has 0 aliphatic rings. The molecule has 5 heteroatoms. The summed E-state index contributed by atoms with van der Waals surface area (Å²) in [6, 6.07) is 7.90. The number of hydrogen-bond donors (Lipinski definition) is 0. The van der Waals surface area contributed by atoms with Crippen molar-refractivity contribution in [3.05, 3.63) is 36.0 Å². The second-order valence-corrected chi connectivity index (χ2v) is 10.3. The van der Waals surface area contributed by atoms with E-state index in [0.717, 1.165) is 28.6 Å². The van der Waals surface area contributed by atoms with Gasteiger partial charge in [0.05, 0.1) is 26.0 Å². The summed E-state index contributed by atoms with van der Waals surface area (Å²) in [5, 5.41) is 0. The van der Waals surface area contributed by atoms with Crippen LogP contribution in [0.25, 0.3) is 5.69 Å². The van der Waals surface area contributed by atoms with Crippen LogP contribution >= 0.6 is 0 Å². The van der Waals surface area contributed by atoms with Crippen molar-refractivity contribution >= 4 is 8.32 Å². The Morgan fingerprint density at radius 3 is 2.05 bits per heavy atom. The molecule has 0 fully saturated rings. The summed E-state index contributed by atoms with van der Waals surface area (Å²) in [6.07, 6.45) is 1.96. The monoisotopic (exact) mass is 305 g/mol. The van der Waals surface area contributed by atoms with Gasteiger partial charge in [-0.05, 0) is 50.8 Å². The van der Waals surface area contributed by atoms with Gasteiger partial charge in [0.2, 0.25) is 8.32 Å². The van der Waals surface area contributed by atoms with Crippen molar-refractivity contribution in [2.24, 2.45) is 0 Å². The van der Waals surface area contributed by atoms with Crippen LogP contribution in [0.15, 0.2) is 30.5 Å². The van der Waals surface area contributed by atoms with Crippen molar-refractivity contribution in [1.29, 1.82) is 0 Å². The van der Waals surface area contributed by atoms with E-state index >= 15 is 0 Å². The maximum absolute atomic E-state index is 6.25. The second-order valence-electron chi connectivity index (χ2n) is 5.91. The van der Waals surface area contributed by atoms with Gasteiger partial charge in [-0.15, -0.1) is 0 Å². The van der Waals surface area contributed by atoms with E-state index in [2.05, 4.69) is 19.6 Å². The highest BCUT2D eigenvalue weighted by Gasteiger charge is 2.23. The lowest BCUT2D eigenvalue weighted by Crippen LogP contribution is -2.30. The fourth-order valence-corrected chi connectivity index (χ4v) is 2.95. The first-order valence-corrected chi connectivity index (χ1v) is 10.4. The average molecular weight is 305 g/mol. The van der Waals surface area contributed by atoms with Gasteiger partial charge in [0.25, 0.3) is 0 Å². The van der Waals surface area contributed by atoms with Crippen molar-refractivity contribution in [2.45, 2.75) is 26.6 Å². The highest BCUT2D eigenvalue weighted by Crippen LogP contribution is 2.35. The van der Waals surface area contributed by atoms with Crippen molar-refractivity contribution in [1.82, 2.24) is 4.57 Å². The van der Waals surface area contributed by atoms with E-state index in [9.17, 15) is 0 Å². The summed E-state index contributed by atoms with van der Waals surface area (Å²) >= 11 is 0. The topological polar surface area (TPSA) is 32.6 Å². The lowest BCUT2D eigenvalue weighted by molar-refractivity contribution is 0.411. The molecule has 0 spiro atoms. The van der Waals surface area contributed by atoms with Crippen LogP contribution in [0.3, 0.4) is 0 Å². The Bertz CT molecular complexity index is 612. The Kier molecular flexibility index (Phi) is 4.32. The average Bonchev–Trinajstić information content (AvgIpc) is 2.74. The molecule has 0 radical (unpaired) electrons. The van der Waals surface area contributed by atoms with Gasteiger partial charge < -0.3 is 13.9 Å². The largest absolute Gasteiger partial charge is 0.532 e. The van der Waals surface area contributed by atoms with Crippen LogP contribution in [0.5, 0.6) is 17.4 Å². The molecule has 0 atom stereocenters. The third-order valence-electron chi connectivity index (χ3n) is 3.13. The van der Waals surface area contributed by atoms with Gasteiger partial charge in [-0.25, -0.2) is 0 Å². The Balaban J connectivity index is 2.50. The van der Waals surface area contributed by atoms with Crippen LogP contribution in [0, 0.1) is 6.92 Å². The van der Waals surface area contributed by atoms with E-state index in [4.69, 9.17) is 13.9 Å². The third kappa shape index (κ3) is 3.42. The summed E-state index contributed by atoms with van der Waals surface area (Å²) < 4.78 is 18.9. The first-order valence-electron chi connectivity index (χ1n) is 6.95. The number of rotatable bonds is 5. The molecule has 2 aromatic rings. The predicted octanol–water partition coefficient (Wildman–Crippen LogP) is 4.02. The number of hydrogen-bond acceptors (Lipinski definition) is 3. The molecule has 1 aromatic carbocycles. The van der Waals surface area contributed by atoms with Gasteiger partial charge in [0.15, 0.2) is 5.88 Å². The summed E-state index contributed by atoms with van der Waals surface area (Å²) in [4.78, 5) is 0. The molecule has 0 saturated heterocycles. The molecule has 0 N–H and O–H groups in total. The van der Waals surface area contributed by atoms with Gasteiger partial charge in [0, 0.05) is 5.69 Å². The van der Waals surface area contributed by atoms with Crippen LogP contribution < -0.4 is 13.9 Å².